The van der Waals surface area contributed by atoms with E-state index >= 15 is 0 Å². The van der Waals surface area contributed by atoms with Gasteiger partial charge in [0.1, 0.15) is 5.82 Å². The molecule has 5 heteroatoms. The lowest BCUT2D eigenvalue weighted by Crippen LogP contribution is -2.10. The Hall–Kier alpha value is -1.23. The summed E-state index contributed by atoms with van der Waals surface area (Å²) in [6.07, 6.45) is 1.11. The fourth-order valence-electron chi connectivity index (χ4n) is 2.20. The van der Waals surface area contributed by atoms with Crippen molar-refractivity contribution in [3.05, 3.63) is 24.0 Å². The number of aromatic nitrogens is 2. The van der Waals surface area contributed by atoms with Crippen molar-refractivity contribution in [2.24, 2.45) is 0 Å². The average Bonchev–Trinajstić information content (AvgIpc) is 2.83. The summed E-state index contributed by atoms with van der Waals surface area (Å²) in [4.78, 5) is 4.21. The highest BCUT2D eigenvalue weighted by Crippen LogP contribution is 2.33. The topological polar surface area (TPSA) is 43.8 Å². The van der Waals surface area contributed by atoms with Crippen LogP contribution in [-0.4, -0.2) is 21.1 Å². The van der Waals surface area contributed by atoms with Gasteiger partial charge in [-0.2, -0.15) is 11.8 Å². The number of hydrogen-bond acceptors (Lipinski definition) is 3. The van der Waals surface area contributed by atoms with Crippen molar-refractivity contribution in [1.82, 2.24) is 9.55 Å². The summed E-state index contributed by atoms with van der Waals surface area (Å²) in [7, 11) is 0. The quantitative estimate of drug-likeness (QED) is 0.828. The number of nitrogen functional groups attached to an aromatic ring is 1. The minimum Gasteiger partial charge on any atom is -0.369 e. The van der Waals surface area contributed by atoms with Crippen LogP contribution in [0.2, 0.25) is 0 Å². The van der Waals surface area contributed by atoms with E-state index in [1.807, 2.05) is 16.3 Å². The van der Waals surface area contributed by atoms with Crippen LogP contribution in [0.4, 0.5) is 10.3 Å². The molecule has 0 bridgehead atoms. The zero-order chi connectivity index (χ0) is 11.1. The molecule has 0 amide bonds. The van der Waals surface area contributed by atoms with Crippen LogP contribution in [0.15, 0.2) is 18.2 Å². The molecule has 84 valence electrons. The smallest absolute Gasteiger partial charge is 0.201 e. The molecule has 0 radical (unpaired) electrons. The van der Waals surface area contributed by atoms with Gasteiger partial charge in [0.05, 0.1) is 11.0 Å². The number of benzene rings is 1. The number of thioether (sulfide) groups is 1. The number of fused-ring (bicyclic) bond motifs is 1. The summed E-state index contributed by atoms with van der Waals surface area (Å²) in [6, 6.07) is 5.06. The largest absolute Gasteiger partial charge is 0.369 e. The average molecular weight is 237 g/mol. The van der Waals surface area contributed by atoms with Crippen LogP contribution < -0.4 is 5.73 Å². The minimum atomic E-state index is -0.266. The Balaban J connectivity index is 2.18. The molecule has 1 saturated heterocycles. The third-order valence-electron chi connectivity index (χ3n) is 2.95. The molecular formula is C11H12FN3S. The number of rotatable bonds is 1. The SMILES string of the molecule is Nc1nc2cc(F)ccc2n1C1CCSC1. The third-order valence-corrected chi connectivity index (χ3v) is 4.09. The fourth-order valence-corrected chi connectivity index (χ4v) is 3.39. The first-order valence-corrected chi connectivity index (χ1v) is 6.42. The normalized spacial score (nSPS) is 20.7. The van der Waals surface area contributed by atoms with Crippen LogP contribution in [0, 0.1) is 5.82 Å². The molecule has 2 heterocycles. The lowest BCUT2D eigenvalue weighted by Gasteiger charge is -2.13. The first-order valence-electron chi connectivity index (χ1n) is 5.26. The molecule has 2 aromatic rings. The van der Waals surface area contributed by atoms with Gasteiger partial charge in [-0.3, -0.25) is 0 Å². The molecule has 0 spiro atoms. The Bertz CT molecular complexity index is 531. The standard InChI is InChI=1S/C11H12FN3S/c12-7-1-2-10-9(5-7)14-11(13)15(10)8-3-4-16-6-8/h1-2,5,8H,3-4,6H2,(H2,13,14). The molecule has 3 nitrogen and oxygen atoms in total. The Morgan fingerprint density at radius 3 is 3.12 bits per heavy atom. The number of anilines is 1. The van der Waals surface area contributed by atoms with Gasteiger partial charge in [-0.05, 0) is 24.3 Å². The van der Waals surface area contributed by atoms with Gasteiger partial charge < -0.3 is 10.3 Å². The van der Waals surface area contributed by atoms with E-state index in [0.29, 0.717) is 17.5 Å². The van der Waals surface area contributed by atoms with Gasteiger partial charge in [-0.15, -0.1) is 0 Å². The monoisotopic (exact) mass is 237 g/mol. The molecule has 2 N–H and O–H groups in total. The second kappa shape index (κ2) is 3.66. The second-order valence-electron chi connectivity index (χ2n) is 3.99. The van der Waals surface area contributed by atoms with Crippen LogP contribution in [0.25, 0.3) is 11.0 Å². The van der Waals surface area contributed by atoms with Crippen LogP contribution >= 0.6 is 11.8 Å². The van der Waals surface area contributed by atoms with E-state index in [0.717, 1.165) is 23.4 Å². The Morgan fingerprint density at radius 2 is 2.38 bits per heavy atom. The molecule has 1 aliphatic rings. The summed E-state index contributed by atoms with van der Waals surface area (Å²) >= 11 is 1.92. The Kier molecular flexibility index (Phi) is 2.28. The van der Waals surface area contributed by atoms with Gasteiger partial charge in [-0.1, -0.05) is 0 Å². The molecular weight excluding hydrogens is 225 g/mol. The lowest BCUT2D eigenvalue weighted by atomic mass is 10.2. The van der Waals surface area contributed by atoms with E-state index < -0.39 is 0 Å². The molecule has 0 aliphatic carbocycles. The number of hydrogen-bond donors (Lipinski definition) is 1. The maximum atomic E-state index is 13.1. The van der Waals surface area contributed by atoms with Crippen LogP contribution in [0.5, 0.6) is 0 Å². The first-order chi connectivity index (χ1) is 7.75. The predicted octanol–water partition coefficient (Wildman–Crippen LogP) is 2.44. The van der Waals surface area contributed by atoms with Crippen molar-refractivity contribution in [2.75, 3.05) is 17.2 Å². The number of halogens is 1. The molecule has 0 saturated carbocycles. The van der Waals surface area contributed by atoms with Gasteiger partial charge in [0.25, 0.3) is 0 Å². The predicted molar refractivity (Wildman–Crippen MR) is 65.1 cm³/mol. The number of imidazole rings is 1. The number of nitrogens with two attached hydrogens (primary N) is 1. The van der Waals surface area contributed by atoms with Crippen molar-refractivity contribution in [3.63, 3.8) is 0 Å². The third kappa shape index (κ3) is 1.46. The van der Waals surface area contributed by atoms with E-state index in [4.69, 9.17) is 5.73 Å². The zero-order valence-electron chi connectivity index (χ0n) is 8.69. The molecule has 16 heavy (non-hydrogen) atoms. The summed E-state index contributed by atoms with van der Waals surface area (Å²) in [5.74, 6) is 2.45. The molecule has 1 fully saturated rings. The highest BCUT2D eigenvalue weighted by molar-refractivity contribution is 7.99. The maximum Gasteiger partial charge on any atom is 0.201 e. The second-order valence-corrected chi connectivity index (χ2v) is 5.14. The highest BCUT2D eigenvalue weighted by Gasteiger charge is 2.21. The van der Waals surface area contributed by atoms with E-state index in [1.54, 1.807) is 6.07 Å². The van der Waals surface area contributed by atoms with Crippen LogP contribution in [0.1, 0.15) is 12.5 Å². The van der Waals surface area contributed by atoms with Crippen molar-refractivity contribution < 1.29 is 4.39 Å². The van der Waals surface area contributed by atoms with Gasteiger partial charge in [0.2, 0.25) is 5.95 Å². The molecule has 1 aliphatic heterocycles. The fraction of sp³-hybridized carbons (Fsp3) is 0.364. The maximum absolute atomic E-state index is 13.1. The minimum absolute atomic E-state index is 0.266. The van der Waals surface area contributed by atoms with Crippen LogP contribution in [-0.2, 0) is 0 Å². The van der Waals surface area contributed by atoms with Crippen molar-refractivity contribution in [2.45, 2.75) is 12.5 Å². The van der Waals surface area contributed by atoms with E-state index in [-0.39, 0.29) is 5.82 Å². The van der Waals surface area contributed by atoms with E-state index in [2.05, 4.69) is 4.98 Å². The zero-order valence-corrected chi connectivity index (χ0v) is 9.51. The summed E-state index contributed by atoms with van der Waals surface area (Å²) in [6.45, 7) is 0. The first kappa shape index (κ1) is 9.96. The van der Waals surface area contributed by atoms with Gasteiger partial charge >= 0.3 is 0 Å². The van der Waals surface area contributed by atoms with Crippen molar-refractivity contribution >= 4 is 28.7 Å². The summed E-state index contributed by atoms with van der Waals surface area (Å²) < 4.78 is 15.1. The van der Waals surface area contributed by atoms with Gasteiger partial charge in [0.15, 0.2) is 0 Å². The van der Waals surface area contributed by atoms with Crippen molar-refractivity contribution in [3.8, 4) is 0 Å². The molecule has 1 atom stereocenters. The molecule has 3 rings (SSSR count). The summed E-state index contributed by atoms with van der Waals surface area (Å²) in [5, 5.41) is 0. The van der Waals surface area contributed by atoms with Crippen molar-refractivity contribution in [1.29, 1.82) is 0 Å². The van der Waals surface area contributed by atoms with E-state index in [9.17, 15) is 4.39 Å². The summed E-state index contributed by atoms with van der Waals surface area (Å²) in [5.41, 5.74) is 7.49. The highest BCUT2D eigenvalue weighted by atomic mass is 32.2. The molecule has 1 aromatic heterocycles. The van der Waals surface area contributed by atoms with Crippen LogP contribution in [0.3, 0.4) is 0 Å². The van der Waals surface area contributed by atoms with Gasteiger partial charge in [-0.25, -0.2) is 9.37 Å². The molecule has 1 aromatic carbocycles. The van der Waals surface area contributed by atoms with E-state index in [1.165, 1.54) is 12.1 Å². The lowest BCUT2D eigenvalue weighted by molar-refractivity contribution is 0.582. The Morgan fingerprint density at radius 1 is 1.50 bits per heavy atom. The molecule has 1 unspecified atom stereocenters. The Labute approximate surface area is 96.8 Å². The van der Waals surface area contributed by atoms with Gasteiger partial charge in [0, 0.05) is 17.9 Å². The number of nitrogens with zero attached hydrogens (tertiary/aromatic N) is 2.